The number of halogens is 1. The van der Waals surface area contributed by atoms with E-state index in [1.807, 2.05) is 6.92 Å². The summed E-state index contributed by atoms with van der Waals surface area (Å²) in [6, 6.07) is 10.6. The molecule has 0 aliphatic carbocycles. The first-order valence-electron chi connectivity index (χ1n) is 10.4. The lowest BCUT2D eigenvalue weighted by molar-refractivity contribution is -0.147. The molecule has 1 aliphatic heterocycles. The number of hydrogen-bond donors (Lipinski definition) is 2. The zero-order valence-corrected chi connectivity index (χ0v) is 20.2. The van der Waals surface area contributed by atoms with Crippen molar-refractivity contribution in [1.29, 1.82) is 0 Å². The van der Waals surface area contributed by atoms with Crippen LogP contribution >= 0.6 is 0 Å². The van der Waals surface area contributed by atoms with Gasteiger partial charge in [-0.1, -0.05) is 35.9 Å². The van der Waals surface area contributed by atoms with Gasteiger partial charge in [-0.2, -0.15) is 8.42 Å². The second-order valence-corrected chi connectivity index (χ2v) is 9.48. The molecule has 1 unspecified atom stereocenters. The number of aryl methyl sites for hydroxylation is 1. The van der Waals surface area contributed by atoms with Crippen molar-refractivity contribution in [2.45, 2.75) is 43.8 Å². The molecule has 0 aromatic heterocycles. The van der Waals surface area contributed by atoms with Crippen molar-refractivity contribution >= 4 is 27.8 Å². The fourth-order valence-electron chi connectivity index (χ4n) is 3.24. The number of benzene rings is 2. The molecule has 0 spiro atoms. The zero-order valence-electron chi connectivity index (χ0n) is 19.4. The summed E-state index contributed by atoms with van der Waals surface area (Å²) in [7, 11) is -0.598. The molecule has 1 heterocycles. The van der Waals surface area contributed by atoms with Crippen LogP contribution in [0.5, 0.6) is 0 Å². The first-order chi connectivity index (χ1) is 15.8. The summed E-state index contributed by atoms with van der Waals surface area (Å²) < 4.78 is 43.1. The summed E-state index contributed by atoms with van der Waals surface area (Å²) >= 11 is 0. The van der Waals surface area contributed by atoms with E-state index < -0.39 is 33.9 Å². The monoisotopic (exact) mass is 493 g/mol. The third-order valence-corrected chi connectivity index (χ3v) is 6.15. The standard InChI is InChI=1S/C16H20FN3O3.C7H8O3S/c1-10(20-14(21)8-13(16(20)23)19(2)3)15(22)18-9-11-6-4-5-7-12(11)17;1-6-2-4-7(5-3-6)11(8,9)10/h4-7,10,13H,8-9H2,1-3H3,(H,18,22);2-5H,1H3,(H,8,9,10)/t10-,13?;/m1./s1. The fourth-order valence-corrected chi connectivity index (χ4v) is 3.72. The molecule has 3 rings (SSSR count). The Morgan fingerprint density at radius 1 is 1.18 bits per heavy atom. The number of likely N-dealkylation sites (N-methyl/N-ethyl adjacent to an activating group) is 1. The highest BCUT2D eigenvalue weighted by molar-refractivity contribution is 7.85. The summed E-state index contributed by atoms with van der Waals surface area (Å²) in [5, 5.41) is 2.56. The molecule has 2 aromatic rings. The molecule has 2 atom stereocenters. The van der Waals surface area contributed by atoms with E-state index in [4.69, 9.17) is 4.55 Å². The minimum absolute atomic E-state index is 0.00315. The number of imide groups is 1. The van der Waals surface area contributed by atoms with Gasteiger partial charge in [-0.05, 0) is 46.1 Å². The lowest BCUT2D eigenvalue weighted by Gasteiger charge is -2.23. The molecular weight excluding hydrogens is 465 g/mol. The van der Waals surface area contributed by atoms with E-state index in [-0.39, 0.29) is 29.7 Å². The van der Waals surface area contributed by atoms with Gasteiger partial charge in [0.2, 0.25) is 17.7 Å². The van der Waals surface area contributed by atoms with Crippen LogP contribution in [0.1, 0.15) is 24.5 Å². The molecule has 11 heteroatoms. The Balaban J connectivity index is 0.000000310. The van der Waals surface area contributed by atoms with E-state index in [1.165, 1.54) is 25.1 Å². The van der Waals surface area contributed by atoms with E-state index in [2.05, 4.69) is 5.32 Å². The highest BCUT2D eigenvalue weighted by atomic mass is 32.2. The molecule has 2 aromatic carbocycles. The lowest BCUT2D eigenvalue weighted by atomic mass is 10.2. The van der Waals surface area contributed by atoms with Gasteiger partial charge in [0.1, 0.15) is 11.9 Å². The van der Waals surface area contributed by atoms with E-state index in [9.17, 15) is 27.2 Å². The molecular formula is C23H28FN3O6S. The Morgan fingerprint density at radius 2 is 1.76 bits per heavy atom. The van der Waals surface area contributed by atoms with Crippen molar-refractivity contribution in [2.75, 3.05) is 14.1 Å². The van der Waals surface area contributed by atoms with Gasteiger partial charge in [-0.25, -0.2) is 4.39 Å². The third kappa shape index (κ3) is 6.92. The highest BCUT2D eigenvalue weighted by Gasteiger charge is 2.43. The number of rotatable bonds is 6. The number of likely N-dealkylation sites (tertiary alicyclic amines) is 1. The second kappa shape index (κ2) is 11.3. The Morgan fingerprint density at radius 3 is 2.26 bits per heavy atom. The van der Waals surface area contributed by atoms with Crippen molar-refractivity contribution in [3.8, 4) is 0 Å². The van der Waals surface area contributed by atoms with Crippen molar-refractivity contribution in [2.24, 2.45) is 0 Å². The van der Waals surface area contributed by atoms with Gasteiger partial charge in [0.15, 0.2) is 0 Å². The zero-order chi connectivity index (χ0) is 25.6. The summed E-state index contributed by atoms with van der Waals surface area (Å²) in [6.45, 7) is 3.33. The molecule has 34 heavy (non-hydrogen) atoms. The Labute approximate surface area is 198 Å². The first-order valence-corrected chi connectivity index (χ1v) is 11.8. The maximum atomic E-state index is 13.5. The molecule has 0 bridgehead atoms. The van der Waals surface area contributed by atoms with Crippen LogP contribution in [0.15, 0.2) is 53.4 Å². The summed E-state index contributed by atoms with van der Waals surface area (Å²) in [5.74, 6) is -1.66. The topological polar surface area (TPSA) is 124 Å². The van der Waals surface area contributed by atoms with Gasteiger partial charge in [-0.15, -0.1) is 0 Å². The number of hydrogen-bond acceptors (Lipinski definition) is 6. The maximum Gasteiger partial charge on any atom is 0.294 e. The van der Waals surface area contributed by atoms with Crippen LogP contribution < -0.4 is 5.32 Å². The largest absolute Gasteiger partial charge is 0.350 e. The first kappa shape index (κ1) is 27.1. The number of amides is 3. The molecule has 3 amide bonds. The van der Waals surface area contributed by atoms with Gasteiger partial charge in [0.05, 0.1) is 17.4 Å². The van der Waals surface area contributed by atoms with Crippen molar-refractivity contribution in [3.05, 3.63) is 65.5 Å². The van der Waals surface area contributed by atoms with Crippen LogP contribution in [-0.4, -0.2) is 66.7 Å². The third-order valence-electron chi connectivity index (χ3n) is 5.28. The number of carbonyl (C=O) groups excluding carboxylic acids is 3. The second-order valence-electron chi connectivity index (χ2n) is 8.06. The Kier molecular flexibility index (Phi) is 9.02. The highest BCUT2D eigenvalue weighted by Crippen LogP contribution is 2.19. The molecule has 9 nitrogen and oxygen atoms in total. The predicted octanol–water partition coefficient (Wildman–Crippen LogP) is 1.76. The molecule has 184 valence electrons. The lowest BCUT2D eigenvalue weighted by Crippen LogP contribution is -2.49. The van der Waals surface area contributed by atoms with Gasteiger partial charge in [0.25, 0.3) is 10.1 Å². The average molecular weight is 494 g/mol. The minimum Gasteiger partial charge on any atom is -0.350 e. The summed E-state index contributed by atoms with van der Waals surface area (Å²) in [4.78, 5) is 39.0. The molecule has 1 saturated heterocycles. The van der Waals surface area contributed by atoms with Crippen molar-refractivity contribution in [3.63, 3.8) is 0 Å². The van der Waals surface area contributed by atoms with E-state index >= 15 is 0 Å². The Bertz CT molecular complexity index is 1150. The van der Waals surface area contributed by atoms with Gasteiger partial charge in [-0.3, -0.25) is 28.7 Å². The maximum absolute atomic E-state index is 13.5. The van der Waals surface area contributed by atoms with Gasteiger partial charge < -0.3 is 5.32 Å². The van der Waals surface area contributed by atoms with E-state index in [0.29, 0.717) is 5.56 Å². The minimum atomic E-state index is -4.02. The predicted molar refractivity (Wildman–Crippen MR) is 123 cm³/mol. The number of nitrogens with zero attached hydrogens (tertiary/aromatic N) is 2. The fraction of sp³-hybridized carbons (Fsp3) is 0.348. The smallest absolute Gasteiger partial charge is 0.294 e. The van der Waals surface area contributed by atoms with Crippen LogP contribution in [0.2, 0.25) is 0 Å². The van der Waals surface area contributed by atoms with Crippen LogP contribution in [-0.2, 0) is 31.0 Å². The van der Waals surface area contributed by atoms with Crippen LogP contribution in [0.25, 0.3) is 0 Å². The van der Waals surface area contributed by atoms with Crippen LogP contribution in [0.3, 0.4) is 0 Å². The van der Waals surface area contributed by atoms with Crippen LogP contribution in [0, 0.1) is 12.7 Å². The molecule has 1 aliphatic rings. The van der Waals surface area contributed by atoms with E-state index in [0.717, 1.165) is 10.5 Å². The number of nitrogens with one attached hydrogen (secondary N) is 1. The SMILES string of the molecule is C[C@H](C(=O)NCc1ccccc1F)N1C(=O)CC(N(C)C)C1=O.Cc1ccc(S(=O)(=O)O)cc1. The molecule has 0 saturated carbocycles. The summed E-state index contributed by atoms with van der Waals surface area (Å²) in [5.41, 5.74) is 1.30. The average Bonchev–Trinajstić information content (AvgIpc) is 3.06. The van der Waals surface area contributed by atoms with Crippen LogP contribution in [0.4, 0.5) is 4.39 Å². The summed E-state index contributed by atoms with van der Waals surface area (Å²) in [6.07, 6.45) is 0.0662. The van der Waals surface area contributed by atoms with Gasteiger partial charge >= 0.3 is 0 Å². The normalized spacial score (nSPS) is 16.8. The number of carbonyl (C=O) groups is 3. The quantitative estimate of drug-likeness (QED) is 0.464. The molecule has 1 fully saturated rings. The van der Waals surface area contributed by atoms with Crippen molar-refractivity contribution < 1.29 is 31.7 Å². The van der Waals surface area contributed by atoms with Crippen molar-refractivity contribution in [1.82, 2.24) is 15.1 Å². The molecule has 0 radical (unpaired) electrons. The molecule has 2 N–H and O–H groups in total. The Hall–Kier alpha value is -3.15. The van der Waals surface area contributed by atoms with Gasteiger partial charge in [0, 0.05) is 12.1 Å². The van der Waals surface area contributed by atoms with E-state index in [1.54, 1.807) is 49.3 Å².